The van der Waals surface area contributed by atoms with Gasteiger partial charge in [-0.2, -0.15) is 0 Å². The summed E-state index contributed by atoms with van der Waals surface area (Å²) in [6.07, 6.45) is 4.67. The van der Waals surface area contributed by atoms with Crippen molar-refractivity contribution in [2.24, 2.45) is 10.9 Å². The maximum absolute atomic E-state index is 11.5. The summed E-state index contributed by atoms with van der Waals surface area (Å²) in [5.74, 6) is 0.407. The van der Waals surface area contributed by atoms with Crippen molar-refractivity contribution < 1.29 is 4.79 Å². The fourth-order valence-electron chi connectivity index (χ4n) is 3.06. The summed E-state index contributed by atoms with van der Waals surface area (Å²) in [7, 11) is 0.599. The van der Waals surface area contributed by atoms with Crippen molar-refractivity contribution in [3.63, 3.8) is 0 Å². The van der Waals surface area contributed by atoms with Crippen LogP contribution in [0.2, 0.25) is 5.02 Å². The second-order valence-electron chi connectivity index (χ2n) is 6.63. The lowest BCUT2D eigenvalue weighted by atomic mass is 9.87. The molecule has 0 N–H and O–H groups in total. The van der Waals surface area contributed by atoms with E-state index in [1.807, 2.05) is 24.3 Å². The first-order chi connectivity index (χ1) is 12.4. The van der Waals surface area contributed by atoms with E-state index in [1.54, 1.807) is 0 Å². The summed E-state index contributed by atoms with van der Waals surface area (Å²) in [5, 5.41) is 0.710. The van der Waals surface area contributed by atoms with Gasteiger partial charge >= 0.3 is 0 Å². The number of allylic oxidation sites excluding steroid dienone is 6. The molecule has 2 nitrogen and oxygen atoms in total. The first kappa shape index (κ1) is 20.8. The van der Waals surface area contributed by atoms with Crippen molar-refractivity contribution in [2.45, 2.75) is 40.5 Å². The van der Waals surface area contributed by atoms with Crippen molar-refractivity contribution in [1.82, 2.24) is 0 Å². The molecule has 1 aliphatic rings. The molecule has 1 heterocycles. The van der Waals surface area contributed by atoms with Gasteiger partial charge in [-0.15, -0.1) is 0 Å². The molecule has 0 saturated carbocycles. The van der Waals surface area contributed by atoms with Gasteiger partial charge in [0.1, 0.15) is 6.29 Å². The molecule has 2 rings (SSSR count). The van der Waals surface area contributed by atoms with Crippen molar-refractivity contribution in [1.29, 1.82) is 0 Å². The monoisotopic (exact) mass is 387 g/mol. The molecule has 1 aliphatic heterocycles. The Labute approximate surface area is 163 Å². The summed E-state index contributed by atoms with van der Waals surface area (Å²) in [4.78, 5) is 16.2. The molecule has 0 saturated heterocycles. The highest BCUT2D eigenvalue weighted by Crippen LogP contribution is 2.41. The van der Waals surface area contributed by atoms with Crippen LogP contribution in [0.3, 0.4) is 0 Å². The van der Waals surface area contributed by atoms with Gasteiger partial charge in [0.25, 0.3) is 0 Å². The second kappa shape index (κ2) is 9.44. The zero-order chi connectivity index (χ0) is 19.3. The number of carbonyl (C=O) groups is 1. The molecule has 0 aliphatic carbocycles. The fourth-order valence-corrected chi connectivity index (χ4v) is 4.03. The largest absolute Gasteiger partial charge is 0.303 e. The minimum absolute atomic E-state index is 0.401. The van der Waals surface area contributed by atoms with Crippen LogP contribution >= 0.6 is 20.2 Å². The number of carbonyl (C=O) groups excluding carboxylic acids is 1. The number of aliphatic imine (C=N–C) groups is 1. The topological polar surface area (TPSA) is 29.4 Å². The van der Waals surface area contributed by atoms with Crippen LogP contribution in [0.25, 0.3) is 5.57 Å². The second-order valence-corrected chi connectivity index (χ2v) is 8.04. The average Bonchev–Trinajstić information content (AvgIpc) is 2.91. The highest BCUT2D eigenvalue weighted by molar-refractivity contribution is 7.58. The third-order valence-electron chi connectivity index (χ3n) is 4.81. The minimum atomic E-state index is 0.401. The number of hydrogen-bond donors (Lipinski definition) is 0. The molecular formula is C22H27ClNOP. The standard InChI is InChI=1S/C22H27ClNOP/c1-6-14(2)13-18(11-12-25)21(17-7-9-19(23)10-8-17)20-15(3)16(4)24-22(20)26-5/h7-10,12-14,26H,6,11H2,1-5H3/b18-13?,21-20-. The zero-order valence-electron chi connectivity index (χ0n) is 16.2. The molecule has 2 atom stereocenters. The van der Waals surface area contributed by atoms with Gasteiger partial charge in [-0.1, -0.05) is 58.7 Å². The molecule has 1 aromatic carbocycles. The predicted octanol–water partition coefficient (Wildman–Crippen LogP) is 6.67. The lowest BCUT2D eigenvalue weighted by Gasteiger charge is -2.19. The van der Waals surface area contributed by atoms with E-state index in [1.165, 1.54) is 11.1 Å². The Bertz CT molecular complexity index is 800. The Morgan fingerprint density at radius 1 is 1.27 bits per heavy atom. The number of aldehydes is 1. The highest BCUT2D eigenvalue weighted by atomic mass is 35.5. The van der Waals surface area contributed by atoms with Gasteiger partial charge in [0.05, 0.1) is 5.45 Å². The number of hydrogen-bond acceptors (Lipinski definition) is 2. The maximum Gasteiger partial charge on any atom is 0.124 e. The summed E-state index contributed by atoms with van der Waals surface area (Å²) >= 11 is 6.11. The van der Waals surface area contributed by atoms with E-state index < -0.39 is 0 Å². The Kier molecular flexibility index (Phi) is 7.55. The van der Waals surface area contributed by atoms with Crippen LogP contribution in [-0.2, 0) is 4.79 Å². The molecule has 0 fully saturated rings. The normalized spacial score (nSPS) is 18.5. The van der Waals surface area contributed by atoms with E-state index in [9.17, 15) is 4.79 Å². The van der Waals surface area contributed by atoms with Gasteiger partial charge in [0, 0.05) is 22.7 Å². The molecule has 0 amide bonds. The van der Waals surface area contributed by atoms with Crippen LogP contribution in [0.4, 0.5) is 0 Å². The molecular weight excluding hydrogens is 361 g/mol. The third-order valence-corrected chi connectivity index (χ3v) is 5.90. The van der Waals surface area contributed by atoms with E-state index in [4.69, 9.17) is 16.6 Å². The van der Waals surface area contributed by atoms with E-state index in [-0.39, 0.29) is 0 Å². The summed E-state index contributed by atoms with van der Waals surface area (Å²) in [6.45, 7) is 10.7. The summed E-state index contributed by atoms with van der Waals surface area (Å²) in [5.41, 5.74) is 7.84. The number of benzene rings is 1. The highest BCUT2D eigenvalue weighted by Gasteiger charge is 2.24. The zero-order valence-corrected chi connectivity index (χ0v) is 17.9. The van der Waals surface area contributed by atoms with E-state index >= 15 is 0 Å². The van der Waals surface area contributed by atoms with Gasteiger partial charge in [-0.25, -0.2) is 0 Å². The van der Waals surface area contributed by atoms with Crippen LogP contribution in [0.1, 0.15) is 46.1 Å². The van der Waals surface area contributed by atoms with Crippen molar-refractivity contribution in [3.05, 3.63) is 63.3 Å². The molecule has 138 valence electrons. The Hall–Kier alpha value is -1.50. The van der Waals surface area contributed by atoms with Crippen LogP contribution in [-0.4, -0.2) is 18.4 Å². The lowest BCUT2D eigenvalue weighted by molar-refractivity contribution is -0.107. The molecule has 0 bridgehead atoms. The molecule has 4 heteroatoms. The third kappa shape index (κ3) is 4.61. The van der Waals surface area contributed by atoms with Crippen LogP contribution < -0.4 is 0 Å². The van der Waals surface area contributed by atoms with Crippen LogP contribution in [0.15, 0.2) is 57.8 Å². The van der Waals surface area contributed by atoms with E-state index in [2.05, 4.69) is 40.4 Å². The van der Waals surface area contributed by atoms with Gasteiger partial charge in [0.2, 0.25) is 0 Å². The molecule has 0 radical (unpaired) electrons. The first-order valence-corrected chi connectivity index (χ1v) is 10.9. The van der Waals surface area contributed by atoms with Gasteiger partial charge < -0.3 is 4.79 Å². The van der Waals surface area contributed by atoms with E-state index in [0.29, 0.717) is 25.9 Å². The van der Waals surface area contributed by atoms with Crippen LogP contribution in [0.5, 0.6) is 0 Å². The molecule has 1 aromatic rings. The lowest BCUT2D eigenvalue weighted by Crippen LogP contribution is -2.04. The first-order valence-electron chi connectivity index (χ1n) is 9.02. The summed E-state index contributed by atoms with van der Waals surface area (Å²) < 4.78 is 0. The SMILES string of the molecule is CCC(C)C=C(CC=O)/C(=C1\C(PC)=NC(C)=C1C)c1ccc(Cl)cc1. The molecule has 0 aromatic heterocycles. The van der Waals surface area contributed by atoms with Gasteiger partial charge in [0.15, 0.2) is 0 Å². The quantitative estimate of drug-likeness (QED) is 0.379. The van der Waals surface area contributed by atoms with Crippen LogP contribution in [0, 0.1) is 5.92 Å². The maximum atomic E-state index is 11.5. The average molecular weight is 388 g/mol. The van der Waals surface area contributed by atoms with Gasteiger partial charge in [-0.05, 0) is 60.8 Å². The van der Waals surface area contributed by atoms with Crippen molar-refractivity contribution in [3.8, 4) is 0 Å². The Morgan fingerprint density at radius 3 is 2.46 bits per heavy atom. The van der Waals surface area contributed by atoms with E-state index in [0.717, 1.165) is 40.6 Å². The summed E-state index contributed by atoms with van der Waals surface area (Å²) in [6, 6.07) is 7.89. The van der Waals surface area contributed by atoms with Crippen molar-refractivity contribution in [2.75, 3.05) is 6.66 Å². The minimum Gasteiger partial charge on any atom is -0.303 e. The van der Waals surface area contributed by atoms with Crippen molar-refractivity contribution >= 4 is 37.5 Å². The Morgan fingerprint density at radius 2 is 1.92 bits per heavy atom. The predicted molar refractivity (Wildman–Crippen MR) is 117 cm³/mol. The fraction of sp³-hybridized carbons (Fsp3) is 0.364. The van der Waals surface area contributed by atoms with Gasteiger partial charge in [-0.3, -0.25) is 4.99 Å². The molecule has 26 heavy (non-hydrogen) atoms. The smallest absolute Gasteiger partial charge is 0.124 e. The molecule has 0 spiro atoms. The number of halogens is 1. The number of rotatable bonds is 7. The molecule has 2 unspecified atom stereocenters. The number of nitrogens with zero attached hydrogens (tertiary/aromatic N) is 1. The Balaban J connectivity index is 2.80.